The SMILES string of the molecule is CC1CC(NCC2(N(C)C)CCCC2)CC(C)(C)C1. The maximum Gasteiger partial charge on any atom is 0.0327 e. The fourth-order valence-corrected chi connectivity index (χ4v) is 4.65. The summed E-state index contributed by atoms with van der Waals surface area (Å²) in [6.45, 7) is 8.49. The first-order chi connectivity index (χ1) is 8.83. The van der Waals surface area contributed by atoms with E-state index in [1.165, 1.54) is 51.5 Å². The maximum absolute atomic E-state index is 3.93. The Morgan fingerprint density at radius 1 is 1.11 bits per heavy atom. The average molecular weight is 266 g/mol. The van der Waals surface area contributed by atoms with Gasteiger partial charge in [0.25, 0.3) is 0 Å². The molecule has 2 nitrogen and oxygen atoms in total. The van der Waals surface area contributed by atoms with E-state index in [4.69, 9.17) is 0 Å². The van der Waals surface area contributed by atoms with E-state index >= 15 is 0 Å². The van der Waals surface area contributed by atoms with Gasteiger partial charge in [-0.3, -0.25) is 0 Å². The monoisotopic (exact) mass is 266 g/mol. The lowest BCUT2D eigenvalue weighted by Gasteiger charge is -2.42. The molecule has 2 aliphatic rings. The second-order valence-electron chi connectivity index (χ2n) is 8.32. The molecular formula is C17H34N2. The van der Waals surface area contributed by atoms with Gasteiger partial charge in [-0.05, 0) is 57.5 Å². The van der Waals surface area contributed by atoms with Crippen LogP contribution < -0.4 is 5.32 Å². The molecule has 0 aromatic carbocycles. The average Bonchev–Trinajstić information content (AvgIpc) is 2.73. The van der Waals surface area contributed by atoms with Crippen LogP contribution in [0.4, 0.5) is 0 Å². The Bertz CT molecular complexity index is 290. The van der Waals surface area contributed by atoms with E-state index in [2.05, 4.69) is 45.1 Å². The Balaban J connectivity index is 1.90. The van der Waals surface area contributed by atoms with E-state index in [0.717, 1.165) is 12.0 Å². The predicted molar refractivity (Wildman–Crippen MR) is 83.5 cm³/mol. The van der Waals surface area contributed by atoms with Crippen LogP contribution in [-0.2, 0) is 0 Å². The summed E-state index contributed by atoms with van der Waals surface area (Å²) in [4.78, 5) is 2.48. The van der Waals surface area contributed by atoms with Crippen LogP contribution in [0.15, 0.2) is 0 Å². The van der Waals surface area contributed by atoms with Crippen LogP contribution in [-0.4, -0.2) is 37.1 Å². The van der Waals surface area contributed by atoms with Crippen molar-refractivity contribution in [3.63, 3.8) is 0 Å². The Morgan fingerprint density at radius 3 is 2.26 bits per heavy atom. The molecular weight excluding hydrogens is 232 g/mol. The number of rotatable bonds is 4. The highest BCUT2D eigenvalue weighted by molar-refractivity contribution is 4.96. The number of hydrogen-bond acceptors (Lipinski definition) is 2. The molecule has 2 unspecified atom stereocenters. The highest BCUT2D eigenvalue weighted by atomic mass is 15.2. The largest absolute Gasteiger partial charge is 0.312 e. The van der Waals surface area contributed by atoms with Crippen molar-refractivity contribution in [2.45, 2.75) is 77.3 Å². The van der Waals surface area contributed by atoms with E-state index in [1.807, 2.05) is 0 Å². The van der Waals surface area contributed by atoms with Crippen molar-refractivity contribution in [2.24, 2.45) is 11.3 Å². The molecule has 2 rings (SSSR count). The quantitative estimate of drug-likeness (QED) is 0.835. The van der Waals surface area contributed by atoms with Gasteiger partial charge in [-0.1, -0.05) is 33.6 Å². The molecule has 0 aromatic rings. The third-order valence-electron chi connectivity index (χ3n) is 5.59. The predicted octanol–water partition coefficient (Wildman–Crippen LogP) is 3.67. The highest BCUT2D eigenvalue weighted by Gasteiger charge is 2.38. The van der Waals surface area contributed by atoms with Crippen LogP contribution in [0.3, 0.4) is 0 Å². The minimum Gasteiger partial charge on any atom is -0.312 e. The smallest absolute Gasteiger partial charge is 0.0327 e. The van der Waals surface area contributed by atoms with Crippen molar-refractivity contribution >= 4 is 0 Å². The van der Waals surface area contributed by atoms with Gasteiger partial charge in [-0.25, -0.2) is 0 Å². The molecule has 0 spiro atoms. The molecule has 2 atom stereocenters. The highest BCUT2D eigenvalue weighted by Crippen LogP contribution is 2.39. The summed E-state index contributed by atoms with van der Waals surface area (Å²) < 4.78 is 0. The topological polar surface area (TPSA) is 15.3 Å². The fourth-order valence-electron chi connectivity index (χ4n) is 4.65. The Morgan fingerprint density at radius 2 is 1.74 bits per heavy atom. The van der Waals surface area contributed by atoms with E-state index in [1.54, 1.807) is 0 Å². The van der Waals surface area contributed by atoms with Crippen molar-refractivity contribution in [3.8, 4) is 0 Å². The van der Waals surface area contributed by atoms with Gasteiger partial charge in [-0.2, -0.15) is 0 Å². The summed E-state index contributed by atoms with van der Waals surface area (Å²) in [7, 11) is 4.53. The van der Waals surface area contributed by atoms with Crippen molar-refractivity contribution in [1.82, 2.24) is 10.2 Å². The van der Waals surface area contributed by atoms with Gasteiger partial charge in [0.05, 0.1) is 0 Å². The Hall–Kier alpha value is -0.0800. The fraction of sp³-hybridized carbons (Fsp3) is 1.00. The zero-order valence-electron chi connectivity index (χ0n) is 13.8. The molecule has 2 aliphatic carbocycles. The summed E-state index contributed by atoms with van der Waals surface area (Å²) in [6, 6.07) is 0.733. The molecule has 0 aromatic heterocycles. The van der Waals surface area contributed by atoms with E-state index in [0.29, 0.717) is 11.0 Å². The first-order valence-corrected chi connectivity index (χ1v) is 8.24. The van der Waals surface area contributed by atoms with Crippen LogP contribution in [0.25, 0.3) is 0 Å². The molecule has 19 heavy (non-hydrogen) atoms. The minimum absolute atomic E-state index is 0.435. The normalized spacial score (nSPS) is 33.8. The summed E-state index contributed by atoms with van der Waals surface area (Å²) in [6.07, 6.45) is 9.67. The summed E-state index contributed by atoms with van der Waals surface area (Å²) in [5.74, 6) is 0.875. The van der Waals surface area contributed by atoms with Crippen LogP contribution in [0.1, 0.15) is 65.7 Å². The van der Waals surface area contributed by atoms with Gasteiger partial charge in [0.1, 0.15) is 0 Å². The van der Waals surface area contributed by atoms with Gasteiger partial charge >= 0.3 is 0 Å². The zero-order valence-corrected chi connectivity index (χ0v) is 13.8. The molecule has 0 aliphatic heterocycles. The first-order valence-electron chi connectivity index (χ1n) is 8.24. The Kier molecular flexibility index (Phi) is 4.62. The van der Waals surface area contributed by atoms with Gasteiger partial charge in [-0.15, -0.1) is 0 Å². The molecule has 0 amide bonds. The van der Waals surface area contributed by atoms with E-state index < -0.39 is 0 Å². The van der Waals surface area contributed by atoms with E-state index in [9.17, 15) is 0 Å². The molecule has 0 bridgehead atoms. The molecule has 0 saturated heterocycles. The Labute approximate surface area is 120 Å². The number of likely N-dealkylation sites (N-methyl/N-ethyl adjacent to an activating group) is 1. The van der Waals surface area contributed by atoms with Crippen molar-refractivity contribution in [2.75, 3.05) is 20.6 Å². The lowest BCUT2D eigenvalue weighted by molar-refractivity contribution is 0.115. The summed E-state index contributed by atoms with van der Waals surface area (Å²) >= 11 is 0. The van der Waals surface area contributed by atoms with Crippen molar-refractivity contribution in [3.05, 3.63) is 0 Å². The third kappa shape index (κ3) is 3.72. The maximum atomic E-state index is 3.93. The zero-order chi connectivity index (χ0) is 14.1. The standard InChI is InChI=1S/C17H34N2/c1-14-10-15(12-16(2,3)11-14)18-13-17(19(4)5)8-6-7-9-17/h14-15,18H,6-13H2,1-5H3. The molecule has 1 N–H and O–H groups in total. The van der Waals surface area contributed by atoms with Gasteiger partial charge in [0.2, 0.25) is 0 Å². The molecule has 112 valence electrons. The van der Waals surface area contributed by atoms with Gasteiger partial charge in [0, 0.05) is 18.1 Å². The van der Waals surface area contributed by atoms with Crippen LogP contribution in [0.5, 0.6) is 0 Å². The molecule has 2 heteroatoms. The minimum atomic E-state index is 0.435. The molecule has 2 fully saturated rings. The van der Waals surface area contributed by atoms with Gasteiger partial charge in [0.15, 0.2) is 0 Å². The second-order valence-corrected chi connectivity index (χ2v) is 8.32. The van der Waals surface area contributed by atoms with E-state index in [-0.39, 0.29) is 0 Å². The molecule has 0 heterocycles. The molecule has 2 saturated carbocycles. The third-order valence-corrected chi connectivity index (χ3v) is 5.59. The van der Waals surface area contributed by atoms with Crippen LogP contribution >= 0.6 is 0 Å². The second kappa shape index (κ2) is 5.73. The lowest BCUT2D eigenvalue weighted by atomic mass is 9.70. The van der Waals surface area contributed by atoms with Crippen LogP contribution in [0, 0.1) is 11.3 Å². The van der Waals surface area contributed by atoms with Crippen LogP contribution in [0.2, 0.25) is 0 Å². The number of hydrogen-bond donors (Lipinski definition) is 1. The lowest BCUT2D eigenvalue weighted by Crippen LogP contribution is -2.53. The van der Waals surface area contributed by atoms with Gasteiger partial charge < -0.3 is 10.2 Å². The summed E-state index contributed by atoms with van der Waals surface area (Å²) in [5.41, 5.74) is 0.959. The number of nitrogens with one attached hydrogen (secondary N) is 1. The molecule has 0 radical (unpaired) electrons. The first kappa shape index (κ1) is 15.3. The van der Waals surface area contributed by atoms with Crippen molar-refractivity contribution in [1.29, 1.82) is 0 Å². The summed E-state index contributed by atoms with van der Waals surface area (Å²) in [5, 5.41) is 3.93. The van der Waals surface area contributed by atoms with Crippen molar-refractivity contribution < 1.29 is 0 Å². The number of nitrogens with zero attached hydrogens (tertiary/aromatic N) is 1.